The van der Waals surface area contributed by atoms with Crippen molar-refractivity contribution < 1.29 is 27.9 Å². The Hall–Kier alpha value is -2.46. The van der Waals surface area contributed by atoms with Gasteiger partial charge in [0.2, 0.25) is 10.0 Å². The second-order valence-corrected chi connectivity index (χ2v) is 8.98. The van der Waals surface area contributed by atoms with Gasteiger partial charge in [0.1, 0.15) is 6.04 Å². The maximum Gasteiger partial charge on any atom is 0.327 e. The summed E-state index contributed by atoms with van der Waals surface area (Å²) in [5.41, 5.74) is 1.78. The highest BCUT2D eigenvalue weighted by atomic mass is 35.5. The molecule has 10 heteroatoms. The number of ether oxygens (including phenoxy) is 1. The zero-order valence-corrected chi connectivity index (χ0v) is 17.7. The van der Waals surface area contributed by atoms with Crippen molar-refractivity contribution in [1.29, 1.82) is 0 Å². The number of aliphatic hydroxyl groups is 1. The molecule has 0 spiro atoms. The molecule has 0 radical (unpaired) electrons. The summed E-state index contributed by atoms with van der Waals surface area (Å²) in [6, 6.07) is 11.1. The van der Waals surface area contributed by atoms with Crippen LogP contribution in [0, 0.1) is 0 Å². The smallest absolute Gasteiger partial charge is 0.327 e. The summed E-state index contributed by atoms with van der Waals surface area (Å²) in [6.45, 7) is 1.15. The quantitative estimate of drug-likeness (QED) is 0.615. The molecule has 3 rings (SSSR count). The molecule has 160 valence electrons. The zero-order valence-electron chi connectivity index (χ0n) is 16.1. The van der Waals surface area contributed by atoms with Crippen molar-refractivity contribution in [3.63, 3.8) is 0 Å². The third kappa shape index (κ3) is 4.99. The van der Waals surface area contributed by atoms with Crippen LogP contribution in [0.25, 0.3) is 0 Å². The number of esters is 1. The number of halogens is 1. The Morgan fingerprint density at radius 1 is 1.20 bits per heavy atom. The second kappa shape index (κ2) is 9.13. The van der Waals surface area contributed by atoms with Crippen LogP contribution >= 0.6 is 11.6 Å². The summed E-state index contributed by atoms with van der Waals surface area (Å²) in [4.78, 5) is 26.3. The summed E-state index contributed by atoms with van der Waals surface area (Å²) in [7, 11) is -4.13. The van der Waals surface area contributed by atoms with Gasteiger partial charge in [0.25, 0.3) is 5.91 Å². The highest BCUT2D eigenvalue weighted by Crippen LogP contribution is 2.27. The Balaban J connectivity index is 1.65. The van der Waals surface area contributed by atoms with Gasteiger partial charge in [0.05, 0.1) is 11.0 Å². The van der Waals surface area contributed by atoms with Crippen LogP contribution in [0.15, 0.2) is 53.4 Å². The van der Waals surface area contributed by atoms with Gasteiger partial charge in [-0.05, 0) is 49.2 Å². The number of aliphatic hydroxyl groups excluding tert-OH is 1. The number of benzene rings is 2. The van der Waals surface area contributed by atoms with Crippen molar-refractivity contribution in [2.75, 3.05) is 18.1 Å². The fourth-order valence-electron chi connectivity index (χ4n) is 3.09. The van der Waals surface area contributed by atoms with Crippen LogP contribution in [0.4, 0.5) is 5.69 Å². The van der Waals surface area contributed by atoms with E-state index in [9.17, 15) is 23.1 Å². The van der Waals surface area contributed by atoms with E-state index in [1.807, 2.05) is 18.2 Å². The summed E-state index contributed by atoms with van der Waals surface area (Å²) in [6.07, 6.45) is -0.685. The molecule has 2 N–H and O–H groups in total. The van der Waals surface area contributed by atoms with E-state index in [2.05, 4.69) is 4.72 Å². The summed E-state index contributed by atoms with van der Waals surface area (Å²) in [5, 5.41) is 10.2. The topological polar surface area (TPSA) is 113 Å². The van der Waals surface area contributed by atoms with Crippen LogP contribution in [0.1, 0.15) is 12.5 Å². The standard InChI is InChI=1S/C20H21ClN2O6S/c1-13(24)19(22-30(27,28)16-8-6-15(21)7-9-16)20(26)29-12-18(25)23-11-10-14-4-2-3-5-17(14)23/h2-9,13,19,22,24H,10-12H2,1H3/t13-,19+/m0/s1. The number of amides is 1. The number of nitrogens with one attached hydrogen (secondary N) is 1. The zero-order chi connectivity index (χ0) is 21.9. The van der Waals surface area contributed by atoms with E-state index in [-0.39, 0.29) is 4.90 Å². The molecule has 1 heterocycles. The highest BCUT2D eigenvalue weighted by molar-refractivity contribution is 7.89. The number of rotatable bonds is 7. The number of anilines is 1. The average molecular weight is 453 g/mol. The van der Waals surface area contributed by atoms with Crippen LogP contribution in [-0.4, -0.2) is 50.7 Å². The highest BCUT2D eigenvalue weighted by Gasteiger charge is 2.32. The number of hydrogen-bond donors (Lipinski definition) is 2. The van der Waals surface area contributed by atoms with Gasteiger partial charge < -0.3 is 14.7 Å². The van der Waals surface area contributed by atoms with E-state index in [1.165, 1.54) is 36.1 Å². The molecule has 0 saturated carbocycles. The summed E-state index contributed by atoms with van der Waals surface area (Å²) >= 11 is 5.76. The fourth-order valence-corrected chi connectivity index (χ4v) is 4.47. The minimum absolute atomic E-state index is 0.130. The molecule has 2 aromatic rings. The van der Waals surface area contributed by atoms with Crippen molar-refractivity contribution in [3.8, 4) is 0 Å². The number of nitrogens with zero attached hydrogens (tertiary/aromatic N) is 1. The van der Waals surface area contributed by atoms with Crippen molar-refractivity contribution in [2.24, 2.45) is 0 Å². The minimum Gasteiger partial charge on any atom is -0.454 e. The first-order valence-electron chi connectivity index (χ1n) is 9.20. The molecule has 0 aliphatic carbocycles. The lowest BCUT2D eigenvalue weighted by atomic mass is 10.2. The molecule has 0 saturated heterocycles. The van der Waals surface area contributed by atoms with E-state index in [0.29, 0.717) is 18.0 Å². The predicted molar refractivity (Wildman–Crippen MR) is 111 cm³/mol. The van der Waals surface area contributed by atoms with Crippen molar-refractivity contribution in [1.82, 2.24) is 4.72 Å². The van der Waals surface area contributed by atoms with Gasteiger partial charge in [0, 0.05) is 17.3 Å². The fraction of sp³-hybridized carbons (Fsp3) is 0.300. The first kappa shape index (κ1) is 22.2. The molecule has 2 aromatic carbocycles. The Morgan fingerprint density at radius 2 is 1.87 bits per heavy atom. The van der Waals surface area contributed by atoms with Crippen LogP contribution in [-0.2, 0) is 30.8 Å². The maximum absolute atomic E-state index is 12.5. The Labute approximate surface area is 179 Å². The summed E-state index contributed by atoms with van der Waals surface area (Å²) in [5.74, 6) is -1.48. The van der Waals surface area contributed by atoms with Crippen molar-refractivity contribution >= 4 is 39.2 Å². The van der Waals surface area contributed by atoms with Crippen LogP contribution < -0.4 is 9.62 Å². The second-order valence-electron chi connectivity index (χ2n) is 6.83. The molecule has 8 nitrogen and oxygen atoms in total. The lowest BCUT2D eigenvalue weighted by Gasteiger charge is -2.21. The molecular formula is C20H21ClN2O6S. The molecule has 2 atom stereocenters. The number of fused-ring (bicyclic) bond motifs is 1. The molecule has 1 aliphatic heterocycles. The number of carbonyl (C=O) groups excluding carboxylic acids is 2. The van der Waals surface area contributed by atoms with Gasteiger partial charge >= 0.3 is 5.97 Å². The largest absolute Gasteiger partial charge is 0.454 e. The van der Waals surface area contributed by atoms with Gasteiger partial charge in [-0.15, -0.1) is 0 Å². The molecule has 1 amide bonds. The normalized spacial score (nSPS) is 15.4. The van der Waals surface area contributed by atoms with E-state index in [4.69, 9.17) is 16.3 Å². The van der Waals surface area contributed by atoms with Gasteiger partial charge in [-0.25, -0.2) is 8.42 Å². The predicted octanol–water partition coefficient (Wildman–Crippen LogP) is 1.50. The third-order valence-corrected chi connectivity index (χ3v) is 6.38. The van der Waals surface area contributed by atoms with E-state index < -0.39 is 40.7 Å². The lowest BCUT2D eigenvalue weighted by Crippen LogP contribution is -2.49. The Kier molecular flexibility index (Phi) is 6.77. The van der Waals surface area contributed by atoms with Crippen LogP contribution in [0.2, 0.25) is 5.02 Å². The first-order valence-corrected chi connectivity index (χ1v) is 11.1. The molecule has 0 bridgehead atoms. The lowest BCUT2D eigenvalue weighted by molar-refractivity contribution is -0.151. The molecule has 0 fully saturated rings. The van der Waals surface area contributed by atoms with Gasteiger partial charge in [-0.2, -0.15) is 4.72 Å². The van der Waals surface area contributed by atoms with E-state index in [1.54, 1.807) is 6.07 Å². The van der Waals surface area contributed by atoms with Gasteiger partial charge in [-0.1, -0.05) is 29.8 Å². The Bertz CT molecular complexity index is 1040. The Morgan fingerprint density at radius 3 is 2.53 bits per heavy atom. The van der Waals surface area contributed by atoms with Crippen LogP contribution in [0.3, 0.4) is 0 Å². The maximum atomic E-state index is 12.5. The minimum atomic E-state index is -4.13. The first-order chi connectivity index (χ1) is 14.2. The number of hydrogen-bond acceptors (Lipinski definition) is 6. The van der Waals surface area contributed by atoms with Gasteiger partial charge in [0.15, 0.2) is 6.61 Å². The molecule has 0 unspecified atom stereocenters. The molecule has 30 heavy (non-hydrogen) atoms. The SMILES string of the molecule is C[C@H](O)[C@@H](NS(=O)(=O)c1ccc(Cl)cc1)C(=O)OCC(=O)N1CCc2ccccc21. The van der Waals surface area contributed by atoms with Crippen molar-refractivity contribution in [2.45, 2.75) is 30.4 Å². The van der Waals surface area contributed by atoms with Crippen molar-refractivity contribution in [3.05, 3.63) is 59.1 Å². The number of sulfonamides is 1. The molecule has 0 aromatic heterocycles. The summed E-state index contributed by atoms with van der Waals surface area (Å²) < 4.78 is 32.1. The van der Waals surface area contributed by atoms with E-state index >= 15 is 0 Å². The third-order valence-electron chi connectivity index (χ3n) is 4.67. The number of para-hydroxylation sites is 1. The molecule has 1 aliphatic rings. The molecular weight excluding hydrogens is 432 g/mol. The van der Waals surface area contributed by atoms with Gasteiger partial charge in [-0.3, -0.25) is 9.59 Å². The number of carbonyl (C=O) groups is 2. The monoisotopic (exact) mass is 452 g/mol. The van der Waals surface area contributed by atoms with E-state index in [0.717, 1.165) is 11.3 Å². The van der Waals surface area contributed by atoms with Crippen LogP contribution in [0.5, 0.6) is 0 Å². The average Bonchev–Trinajstić information content (AvgIpc) is 3.14.